The average Bonchev–Trinajstić information content (AvgIpc) is 2.89. The lowest BCUT2D eigenvalue weighted by Crippen LogP contribution is -2.19. The molecule has 0 radical (unpaired) electrons. The first-order chi connectivity index (χ1) is 9.70. The van der Waals surface area contributed by atoms with Crippen LogP contribution >= 0.6 is 11.3 Å². The first kappa shape index (κ1) is 14.8. The lowest BCUT2D eigenvalue weighted by molar-refractivity contribution is -0.143. The third kappa shape index (κ3) is 3.92. The zero-order valence-electron chi connectivity index (χ0n) is 11.2. The van der Waals surface area contributed by atoms with Gasteiger partial charge in [-0.05, 0) is 41.3 Å². The summed E-state index contributed by atoms with van der Waals surface area (Å²) in [5.74, 6) is -1.32. The number of fused-ring (bicyclic) bond motifs is 1. The number of benzene rings is 1. The molecule has 2 rings (SSSR count). The Kier molecular flexibility index (Phi) is 5.32. The highest BCUT2D eigenvalue weighted by atomic mass is 32.1. The van der Waals surface area contributed by atoms with E-state index in [1.165, 1.54) is 15.6 Å². The molecule has 0 saturated heterocycles. The molecule has 2 aromatic rings. The maximum absolute atomic E-state index is 10.9. The molecule has 106 valence electrons. The summed E-state index contributed by atoms with van der Waals surface area (Å²) in [6.45, 7) is 4.34. The predicted octanol–water partition coefficient (Wildman–Crippen LogP) is 3.74. The molecule has 1 unspecified atom stereocenters. The molecule has 20 heavy (non-hydrogen) atoms. The standard InChI is InChI=1S/C16H18O3S/c1-2-3-14(16(17)18)11-19-8-6-12-4-5-15-13(10-12)7-9-20-15/h2,4-5,7,9-10,14H,1,3,6,8,11H2,(H,17,18). The van der Waals surface area contributed by atoms with Gasteiger partial charge >= 0.3 is 5.97 Å². The van der Waals surface area contributed by atoms with Gasteiger partial charge in [-0.15, -0.1) is 17.9 Å². The Morgan fingerprint density at radius 2 is 2.30 bits per heavy atom. The molecule has 0 aliphatic heterocycles. The lowest BCUT2D eigenvalue weighted by Gasteiger charge is -2.10. The Morgan fingerprint density at radius 3 is 3.05 bits per heavy atom. The number of hydrogen-bond acceptors (Lipinski definition) is 3. The van der Waals surface area contributed by atoms with Crippen LogP contribution in [0.2, 0.25) is 0 Å². The van der Waals surface area contributed by atoms with E-state index in [9.17, 15) is 4.79 Å². The van der Waals surface area contributed by atoms with E-state index < -0.39 is 11.9 Å². The normalized spacial score (nSPS) is 12.4. The van der Waals surface area contributed by atoms with Crippen molar-refractivity contribution in [1.82, 2.24) is 0 Å². The van der Waals surface area contributed by atoms with E-state index in [-0.39, 0.29) is 6.61 Å². The maximum atomic E-state index is 10.9. The molecule has 4 heteroatoms. The Morgan fingerprint density at radius 1 is 1.45 bits per heavy atom. The van der Waals surface area contributed by atoms with Crippen LogP contribution in [0.5, 0.6) is 0 Å². The van der Waals surface area contributed by atoms with Crippen molar-refractivity contribution in [3.05, 3.63) is 47.9 Å². The second-order valence-corrected chi connectivity index (χ2v) is 5.62. The number of allylic oxidation sites excluding steroid dienone is 1. The molecule has 0 amide bonds. The first-order valence-corrected chi connectivity index (χ1v) is 7.46. The van der Waals surface area contributed by atoms with Crippen LogP contribution in [0.1, 0.15) is 12.0 Å². The highest BCUT2D eigenvalue weighted by molar-refractivity contribution is 7.17. The van der Waals surface area contributed by atoms with Crippen molar-refractivity contribution in [3.63, 3.8) is 0 Å². The fourth-order valence-corrected chi connectivity index (χ4v) is 2.80. The van der Waals surface area contributed by atoms with Gasteiger partial charge in [-0.25, -0.2) is 0 Å². The van der Waals surface area contributed by atoms with Crippen LogP contribution in [0.15, 0.2) is 42.3 Å². The molecule has 0 fully saturated rings. The summed E-state index contributed by atoms with van der Waals surface area (Å²) >= 11 is 1.73. The van der Waals surface area contributed by atoms with Gasteiger partial charge in [-0.3, -0.25) is 4.79 Å². The Balaban J connectivity index is 1.80. The minimum absolute atomic E-state index is 0.238. The monoisotopic (exact) mass is 290 g/mol. The highest BCUT2D eigenvalue weighted by Crippen LogP contribution is 2.21. The second-order valence-electron chi connectivity index (χ2n) is 4.68. The molecule has 0 bridgehead atoms. The Labute approximate surface area is 122 Å². The topological polar surface area (TPSA) is 46.5 Å². The van der Waals surface area contributed by atoms with E-state index in [4.69, 9.17) is 9.84 Å². The van der Waals surface area contributed by atoms with Gasteiger partial charge in [0.25, 0.3) is 0 Å². The van der Waals surface area contributed by atoms with Crippen LogP contribution in [-0.4, -0.2) is 24.3 Å². The van der Waals surface area contributed by atoms with Crippen molar-refractivity contribution < 1.29 is 14.6 Å². The number of carboxylic acids is 1. The van der Waals surface area contributed by atoms with Gasteiger partial charge in [-0.1, -0.05) is 18.2 Å². The lowest BCUT2D eigenvalue weighted by atomic mass is 10.1. The average molecular weight is 290 g/mol. The summed E-state index contributed by atoms with van der Waals surface area (Å²) in [6.07, 6.45) is 2.86. The fourth-order valence-electron chi connectivity index (χ4n) is 2.03. The molecule has 3 nitrogen and oxygen atoms in total. The van der Waals surface area contributed by atoms with Gasteiger partial charge in [-0.2, -0.15) is 0 Å². The molecule has 1 N–H and O–H groups in total. The van der Waals surface area contributed by atoms with E-state index in [0.29, 0.717) is 13.0 Å². The van der Waals surface area contributed by atoms with Crippen LogP contribution in [-0.2, 0) is 16.0 Å². The molecular formula is C16H18O3S. The van der Waals surface area contributed by atoms with Gasteiger partial charge in [0.1, 0.15) is 0 Å². The van der Waals surface area contributed by atoms with Gasteiger partial charge < -0.3 is 9.84 Å². The SMILES string of the molecule is C=CCC(COCCc1ccc2sccc2c1)C(=O)O. The van der Waals surface area contributed by atoms with Crippen LogP contribution in [0.4, 0.5) is 0 Å². The molecule has 1 atom stereocenters. The molecule has 1 aromatic heterocycles. The van der Waals surface area contributed by atoms with Crippen LogP contribution < -0.4 is 0 Å². The molecule has 1 heterocycles. The molecule has 1 aromatic carbocycles. The van der Waals surface area contributed by atoms with Crippen molar-refractivity contribution in [1.29, 1.82) is 0 Å². The van der Waals surface area contributed by atoms with Gasteiger partial charge in [0, 0.05) is 4.70 Å². The third-order valence-electron chi connectivity index (χ3n) is 3.17. The van der Waals surface area contributed by atoms with Crippen molar-refractivity contribution in [2.75, 3.05) is 13.2 Å². The molecule has 0 spiro atoms. The third-order valence-corrected chi connectivity index (χ3v) is 4.07. The van der Waals surface area contributed by atoms with Crippen LogP contribution in [0.25, 0.3) is 10.1 Å². The van der Waals surface area contributed by atoms with E-state index in [2.05, 4.69) is 36.2 Å². The fraction of sp³-hybridized carbons (Fsp3) is 0.312. The van der Waals surface area contributed by atoms with Crippen molar-refractivity contribution >= 4 is 27.4 Å². The zero-order chi connectivity index (χ0) is 14.4. The van der Waals surface area contributed by atoms with E-state index >= 15 is 0 Å². The number of rotatable bonds is 8. The second kappa shape index (κ2) is 7.22. The zero-order valence-corrected chi connectivity index (χ0v) is 12.1. The summed E-state index contributed by atoms with van der Waals surface area (Å²) in [5.41, 5.74) is 1.21. The summed E-state index contributed by atoms with van der Waals surface area (Å²) in [6, 6.07) is 8.48. The number of ether oxygens (including phenoxy) is 1. The number of hydrogen-bond donors (Lipinski definition) is 1. The largest absolute Gasteiger partial charge is 0.481 e. The number of thiophene rings is 1. The van der Waals surface area contributed by atoms with E-state index in [0.717, 1.165) is 6.42 Å². The van der Waals surface area contributed by atoms with Crippen molar-refractivity contribution in [3.8, 4) is 0 Å². The van der Waals surface area contributed by atoms with Gasteiger partial charge in [0.05, 0.1) is 19.1 Å². The van der Waals surface area contributed by atoms with Crippen LogP contribution in [0.3, 0.4) is 0 Å². The Hall–Kier alpha value is -1.65. The number of carboxylic acid groups (broad SMARTS) is 1. The Bertz CT molecular complexity index is 588. The van der Waals surface area contributed by atoms with Crippen molar-refractivity contribution in [2.45, 2.75) is 12.8 Å². The summed E-state index contributed by atoms with van der Waals surface area (Å²) < 4.78 is 6.76. The number of aliphatic carboxylic acids is 1. The van der Waals surface area contributed by atoms with E-state index in [1.807, 2.05) is 0 Å². The molecular weight excluding hydrogens is 272 g/mol. The molecule has 0 aliphatic carbocycles. The maximum Gasteiger partial charge on any atom is 0.309 e. The van der Waals surface area contributed by atoms with E-state index in [1.54, 1.807) is 17.4 Å². The van der Waals surface area contributed by atoms with Crippen LogP contribution in [0, 0.1) is 5.92 Å². The van der Waals surface area contributed by atoms with Gasteiger partial charge in [0.2, 0.25) is 0 Å². The summed E-state index contributed by atoms with van der Waals surface area (Å²) in [7, 11) is 0. The smallest absolute Gasteiger partial charge is 0.309 e. The minimum Gasteiger partial charge on any atom is -0.481 e. The summed E-state index contributed by atoms with van der Waals surface area (Å²) in [4.78, 5) is 10.9. The number of carbonyl (C=O) groups is 1. The summed E-state index contributed by atoms with van der Waals surface area (Å²) in [5, 5.41) is 12.3. The molecule has 0 saturated carbocycles. The quantitative estimate of drug-likeness (QED) is 0.595. The first-order valence-electron chi connectivity index (χ1n) is 6.58. The highest BCUT2D eigenvalue weighted by Gasteiger charge is 2.15. The minimum atomic E-state index is -0.829. The van der Waals surface area contributed by atoms with Gasteiger partial charge in [0.15, 0.2) is 0 Å². The molecule has 0 aliphatic rings. The van der Waals surface area contributed by atoms with Crippen molar-refractivity contribution in [2.24, 2.45) is 5.92 Å². The predicted molar refractivity (Wildman–Crippen MR) is 82.3 cm³/mol.